The molecule has 0 bridgehead atoms. The van der Waals surface area contributed by atoms with Crippen LogP contribution in [0.25, 0.3) is 10.8 Å². The van der Waals surface area contributed by atoms with E-state index >= 15 is 0 Å². The Morgan fingerprint density at radius 2 is 2.26 bits per heavy atom. The van der Waals surface area contributed by atoms with Crippen molar-refractivity contribution in [2.45, 2.75) is 37.6 Å². The molecule has 5 nitrogen and oxygen atoms in total. The first-order valence-corrected chi connectivity index (χ1v) is 9.25. The van der Waals surface area contributed by atoms with Crippen molar-refractivity contribution < 1.29 is 4.42 Å². The number of aromatic amines is 1. The first-order chi connectivity index (χ1) is 11.2. The Labute approximate surface area is 142 Å². The summed E-state index contributed by atoms with van der Waals surface area (Å²) in [6.45, 7) is 3.98. The van der Waals surface area contributed by atoms with Crippen molar-refractivity contribution in [3.63, 3.8) is 0 Å². The van der Waals surface area contributed by atoms with Crippen LogP contribution in [-0.2, 0) is 12.2 Å². The highest BCUT2D eigenvalue weighted by Gasteiger charge is 2.13. The summed E-state index contributed by atoms with van der Waals surface area (Å²) in [5.41, 5.74) is 1.60. The molecule has 3 aromatic heterocycles. The Morgan fingerprint density at radius 1 is 1.39 bits per heavy atom. The van der Waals surface area contributed by atoms with Gasteiger partial charge >= 0.3 is 0 Å². The van der Waals surface area contributed by atoms with Gasteiger partial charge in [0.05, 0.1) is 10.6 Å². The lowest BCUT2D eigenvalue weighted by Crippen LogP contribution is -2.10. The molecule has 0 atom stereocenters. The van der Waals surface area contributed by atoms with Crippen molar-refractivity contribution in [1.29, 1.82) is 0 Å². The molecule has 0 unspecified atom stereocenters. The molecule has 0 fully saturated rings. The topological polar surface area (TPSA) is 71.8 Å². The van der Waals surface area contributed by atoms with Crippen LogP contribution in [0.1, 0.15) is 30.5 Å². The van der Waals surface area contributed by atoms with Crippen LogP contribution in [0, 0.1) is 6.92 Å². The maximum absolute atomic E-state index is 11.7. The first-order valence-electron chi connectivity index (χ1n) is 7.39. The number of aromatic nitrogens is 3. The molecule has 7 heteroatoms. The minimum absolute atomic E-state index is 0.109. The molecular formula is C16H17N3O2S2. The Bertz CT molecular complexity index is 837. The molecule has 3 rings (SSSR count). The van der Waals surface area contributed by atoms with E-state index < -0.39 is 0 Å². The van der Waals surface area contributed by atoms with E-state index in [9.17, 15) is 4.79 Å². The third kappa shape index (κ3) is 3.92. The molecule has 0 aliphatic carbocycles. The van der Waals surface area contributed by atoms with Gasteiger partial charge in [-0.2, -0.15) is 0 Å². The van der Waals surface area contributed by atoms with Gasteiger partial charge < -0.3 is 9.40 Å². The number of thiophene rings is 1. The van der Waals surface area contributed by atoms with E-state index in [0.29, 0.717) is 16.8 Å². The summed E-state index contributed by atoms with van der Waals surface area (Å²) in [5.74, 6) is 2.06. The number of oxazole rings is 1. The average molecular weight is 347 g/mol. The van der Waals surface area contributed by atoms with Crippen molar-refractivity contribution in [2.75, 3.05) is 0 Å². The number of rotatable bonds is 6. The second kappa shape index (κ2) is 7.14. The van der Waals surface area contributed by atoms with Gasteiger partial charge in [0.15, 0.2) is 5.16 Å². The molecule has 120 valence electrons. The highest BCUT2D eigenvalue weighted by molar-refractivity contribution is 7.98. The molecule has 3 heterocycles. The summed E-state index contributed by atoms with van der Waals surface area (Å²) in [7, 11) is 0. The van der Waals surface area contributed by atoms with Crippen LogP contribution in [0.15, 0.2) is 37.9 Å². The van der Waals surface area contributed by atoms with Gasteiger partial charge in [-0.25, -0.2) is 9.97 Å². The van der Waals surface area contributed by atoms with Crippen LogP contribution in [-0.4, -0.2) is 15.0 Å². The van der Waals surface area contributed by atoms with E-state index in [-0.39, 0.29) is 5.56 Å². The van der Waals surface area contributed by atoms with Gasteiger partial charge in [-0.1, -0.05) is 31.2 Å². The molecule has 23 heavy (non-hydrogen) atoms. The van der Waals surface area contributed by atoms with E-state index in [0.717, 1.165) is 34.9 Å². The van der Waals surface area contributed by atoms with Gasteiger partial charge in [0.2, 0.25) is 5.89 Å². The fourth-order valence-corrected chi connectivity index (χ4v) is 3.69. The summed E-state index contributed by atoms with van der Waals surface area (Å²) in [6.07, 6.45) is 1.77. The maximum Gasteiger partial charge on any atom is 0.251 e. The molecule has 0 aliphatic heterocycles. The summed E-state index contributed by atoms with van der Waals surface area (Å²) in [4.78, 5) is 24.5. The first kappa shape index (κ1) is 16.0. The van der Waals surface area contributed by atoms with E-state index in [1.165, 1.54) is 11.8 Å². The molecular weight excluding hydrogens is 330 g/mol. The number of H-pyrrole nitrogens is 1. The van der Waals surface area contributed by atoms with Crippen LogP contribution >= 0.6 is 23.1 Å². The molecule has 0 spiro atoms. The van der Waals surface area contributed by atoms with Crippen LogP contribution in [0.3, 0.4) is 0 Å². The van der Waals surface area contributed by atoms with Gasteiger partial charge in [0.1, 0.15) is 5.76 Å². The molecule has 0 saturated heterocycles. The molecule has 3 aromatic rings. The fourth-order valence-electron chi connectivity index (χ4n) is 2.14. The number of aryl methyl sites for hydroxylation is 2. The summed E-state index contributed by atoms with van der Waals surface area (Å²) in [5, 5.41) is 2.62. The number of nitrogens with zero attached hydrogens (tertiary/aromatic N) is 2. The second-order valence-corrected chi connectivity index (χ2v) is 6.99. The van der Waals surface area contributed by atoms with Crippen molar-refractivity contribution in [1.82, 2.24) is 15.0 Å². The molecule has 0 radical (unpaired) electrons. The Kier molecular flexibility index (Phi) is 4.97. The third-order valence-corrected chi connectivity index (χ3v) is 4.99. The van der Waals surface area contributed by atoms with E-state index in [4.69, 9.17) is 4.42 Å². The highest BCUT2D eigenvalue weighted by atomic mass is 32.2. The zero-order valence-electron chi connectivity index (χ0n) is 13.0. The third-order valence-electron chi connectivity index (χ3n) is 3.25. The zero-order valence-corrected chi connectivity index (χ0v) is 14.6. The summed E-state index contributed by atoms with van der Waals surface area (Å²) >= 11 is 3.07. The number of thioether (sulfide) groups is 1. The number of nitrogens with one attached hydrogen (secondary N) is 1. The summed E-state index contributed by atoms with van der Waals surface area (Å²) in [6, 6.07) is 5.52. The Hall–Kier alpha value is -1.86. The SMILES string of the molecule is CCCc1cc(=O)[nH]c(SCc2nc(-c3cccs3)oc2C)n1. The molecule has 0 aromatic carbocycles. The number of hydrogen-bond acceptors (Lipinski definition) is 6. The highest BCUT2D eigenvalue weighted by Crippen LogP contribution is 2.28. The lowest BCUT2D eigenvalue weighted by atomic mass is 10.2. The Morgan fingerprint density at radius 3 is 3.00 bits per heavy atom. The van der Waals surface area contributed by atoms with Gasteiger partial charge in [-0.3, -0.25) is 4.79 Å². The van der Waals surface area contributed by atoms with E-state index in [1.807, 2.05) is 24.4 Å². The smallest absolute Gasteiger partial charge is 0.251 e. The lowest BCUT2D eigenvalue weighted by Gasteiger charge is -2.02. The molecule has 0 aliphatic rings. The minimum Gasteiger partial charge on any atom is -0.440 e. The molecule has 0 saturated carbocycles. The standard InChI is InChI=1S/C16H17N3O2S2/c1-3-5-11-8-14(20)19-16(17-11)23-9-12-10(2)21-15(18-12)13-6-4-7-22-13/h4,6-8H,3,5,9H2,1-2H3,(H,17,19,20). The predicted molar refractivity (Wildman–Crippen MR) is 93.0 cm³/mol. The van der Waals surface area contributed by atoms with Gasteiger partial charge in [-0.15, -0.1) is 11.3 Å². The fraction of sp³-hybridized carbons (Fsp3) is 0.312. The van der Waals surface area contributed by atoms with Crippen LogP contribution in [0.2, 0.25) is 0 Å². The van der Waals surface area contributed by atoms with E-state index in [2.05, 4.69) is 21.9 Å². The van der Waals surface area contributed by atoms with Crippen LogP contribution < -0.4 is 5.56 Å². The summed E-state index contributed by atoms with van der Waals surface area (Å²) < 4.78 is 5.73. The second-order valence-electron chi connectivity index (χ2n) is 5.08. The minimum atomic E-state index is -0.109. The largest absolute Gasteiger partial charge is 0.440 e. The predicted octanol–water partition coefficient (Wildman–Crippen LogP) is 4.04. The average Bonchev–Trinajstić information content (AvgIpc) is 3.14. The zero-order chi connectivity index (χ0) is 16.2. The monoisotopic (exact) mass is 347 g/mol. The van der Waals surface area contributed by atoms with Crippen molar-refractivity contribution in [2.24, 2.45) is 0 Å². The number of hydrogen-bond donors (Lipinski definition) is 1. The maximum atomic E-state index is 11.7. The Balaban J connectivity index is 1.75. The van der Waals surface area contributed by atoms with Crippen molar-refractivity contribution >= 4 is 23.1 Å². The molecule has 1 N–H and O–H groups in total. The van der Waals surface area contributed by atoms with Crippen LogP contribution in [0.5, 0.6) is 0 Å². The van der Waals surface area contributed by atoms with Crippen LogP contribution in [0.4, 0.5) is 0 Å². The van der Waals surface area contributed by atoms with Gasteiger partial charge in [0, 0.05) is 17.5 Å². The van der Waals surface area contributed by atoms with E-state index in [1.54, 1.807) is 17.4 Å². The van der Waals surface area contributed by atoms with Gasteiger partial charge in [0.25, 0.3) is 5.56 Å². The normalized spacial score (nSPS) is 11.0. The lowest BCUT2D eigenvalue weighted by molar-refractivity contribution is 0.542. The van der Waals surface area contributed by atoms with Gasteiger partial charge in [-0.05, 0) is 24.8 Å². The van der Waals surface area contributed by atoms with Crippen molar-refractivity contribution in [3.8, 4) is 10.8 Å². The molecule has 0 amide bonds. The van der Waals surface area contributed by atoms with Crippen molar-refractivity contribution in [3.05, 3.63) is 51.1 Å². The quantitative estimate of drug-likeness (QED) is 0.538.